The van der Waals surface area contributed by atoms with E-state index in [9.17, 15) is 4.79 Å². The van der Waals surface area contributed by atoms with E-state index >= 15 is 0 Å². The molecule has 0 aromatic heterocycles. The minimum atomic E-state index is -0.401. The van der Waals surface area contributed by atoms with Gasteiger partial charge in [-0.05, 0) is 24.3 Å². The molecule has 134 valence electrons. The van der Waals surface area contributed by atoms with E-state index in [2.05, 4.69) is 10.6 Å². The van der Waals surface area contributed by atoms with Gasteiger partial charge in [-0.2, -0.15) is 0 Å². The van der Waals surface area contributed by atoms with Crippen molar-refractivity contribution in [2.75, 3.05) is 32.7 Å². The molecule has 2 aromatic carbocycles. The molecule has 0 bridgehead atoms. The lowest BCUT2D eigenvalue weighted by Crippen LogP contribution is -2.32. The van der Waals surface area contributed by atoms with Crippen LogP contribution >= 0.6 is 23.2 Å². The number of halogens is 2. The molecule has 8 heteroatoms. The molecule has 0 aliphatic heterocycles. The Bertz CT molecular complexity index is 723. The molecule has 0 heterocycles. The van der Waals surface area contributed by atoms with E-state index in [4.69, 9.17) is 37.4 Å². The van der Waals surface area contributed by atoms with Crippen LogP contribution in [0.1, 0.15) is 0 Å². The van der Waals surface area contributed by atoms with Gasteiger partial charge in [-0.1, -0.05) is 23.2 Å². The number of rotatable bonds is 7. The molecular formula is C17H18Cl2N2O4. The van der Waals surface area contributed by atoms with E-state index in [0.29, 0.717) is 46.1 Å². The van der Waals surface area contributed by atoms with Crippen LogP contribution in [0.3, 0.4) is 0 Å². The summed E-state index contributed by atoms with van der Waals surface area (Å²) in [4.78, 5) is 12.0. The van der Waals surface area contributed by atoms with Gasteiger partial charge in [-0.25, -0.2) is 4.79 Å². The Kier molecular flexibility index (Phi) is 7.03. The molecule has 2 amide bonds. The predicted octanol–water partition coefficient (Wildman–Crippen LogP) is 4.21. The number of nitrogens with one attached hydrogen (secondary N) is 2. The van der Waals surface area contributed by atoms with Crippen LogP contribution in [0.5, 0.6) is 17.2 Å². The molecule has 2 rings (SSSR count). The van der Waals surface area contributed by atoms with Crippen molar-refractivity contribution in [2.45, 2.75) is 0 Å². The first-order chi connectivity index (χ1) is 12.0. The highest BCUT2D eigenvalue weighted by molar-refractivity contribution is 6.32. The Morgan fingerprint density at radius 2 is 1.72 bits per heavy atom. The fraction of sp³-hybridized carbons (Fsp3) is 0.235. The van der Waals surface area contributed by atoms with Crippen LogP contribution < -0.4 is 24.8 Å². The standard InChI is InChI=1S/C17H18Cl2N2O4/c1-23-15-10-14(16(24-2)9-13(15)19)21-17(22)20-7-8-25-12-5-3-11(18)4-6-12/h3-6,9-10H,7-8H2,1-2H3,(H2,20,21,22). The number of urea groups is 1. The lowest BCUT2D eigenvalue weighted by Gasteiger charge is -2.14. The van der Waals surface area contributed by atoms with Crippen molar-refractivity contribution < 1.29 is 19.0 Å². The summed E-state index contributed by atoms with van der Waals surface area (Å²) in [6, 6.07) is 9.74. The van der Waals surface area contributed by atoms with Crippen LogP contribution in [0.2, 0.25) is 10.0 Å². The number of anilines is 1. The minimum absolute atomic E-state index is 0.316. The molecule has 2 N–H and O–H groups in total. The largest absolute Gasteiger partial charge is 0.495 e. The van der Waals surface area contributed by atoms with E-state index in [1.807, 2.05) is 0 Å². The van der Waals surface area contributed by atoms with E-state index in [1.54, 1.807) is 36.4 Å². The van der Waals surface area contributed by atoms with Crippen molar-refractivity contribution in [3.05, 3.63) is 46.4 Å². The first-order valence-corrected chi connectivity index (χ1v) is 8.14. The Morgan fingerprint density at radius 1 is 1.04 bits per heavy atom. The maximum absolute atomic E-state index is 12.0. The van der Waals surface area contributed by atoms with Crippen molar-refractivity contribution in [3.63, 3.8) is 0 Å². The van der Waals surface area contributed by atoms with E-state index in [-0.39, 0.29) is 0 Å². The molecule has 0 fully saturated rings. The molecule has 0 unspecified atom stereocenters. The predicted molar refractivity (Wildman–Crippen MR) is 98.5 cm³/mol. The number of carbonyl (C=O) groups excluding carboxylic acids is 1. The molecule has 0 spiro atoms. The van der Waals surface area contributed by atoms with Crippen molar-refractivity contribution in [3.8, 4) is 17.2 Å². The molecule has 0 saturated carbocycles. The molecule has 0 aliphatic rings. The highest BCUT2D eigenvalue weighted by atomic mass is 35.5. The van der Waals surface area contributed by atoms with Gasteiger partial charge < -0.3 is 24.8 Å². The topological polar surface area (TPSA) is 68.8 Å². The van der Waals surface area contributed by atoms with Crippen molar-refractivity contribution in [1.82, 2.24) is 5.32 Å². The number of hydrogen-bond donors (Lipinski definition) is 2. The summed E-state index contributed by atoms with van der Waals surface area (Å²) < 4.78 is 15.8. The number of amides is 2. The Hall–Kier alpha value is -2.31. The third-order valence-corrected chi connectivity index (χ3v) is 3.74. The van der Waals surface area contributed by atoms with Gasteiger partial charge in [-0.15, -0.1) is 0 Å². The zero-order valence-electron chi connectivity index (χ0n) is 13.8. The maximum Gasteiger partial charge on any atom is 0.319 e. The Labute approximate surface area is 156 Å². The van der Waals surface area contributed by atoms with Crippen LogP contribution in [0, 0.1) is 0 Å². The summed E-state index contributed by atoms with van der Waals surface area (Å²) in [5.41, 5.74) is 0.444. The molecular weight excluding hydrogens is 367 g/mol. The number of carbonyl (C=O) groups is 1. The fourth-order valence-electron chi connectivity index (χ4n) is 1.99. The molecule has 0 atom stereocenters. The third-order valence-electron chi connectivity index (χ3n) is 3.19. The normalized spacial score (nSPS) is 10.1. The Balaban J connectivity index is 1.84. The van der Waals surface area contributed by atoms with Crippen molar-refractivity contribution in [1.29, 1.82) is 0 Å². The smallest absolute Gasteiger partial charge is 0.319 e. The van der Waals surface area contributed by atoms with E-state index < -0.39 is 6.03 Å². The molecule has 6 nitrogen and oxygen atoms in total. The van der Waals surface area contributed by atoms with Gasteiger partial charge in [0.25, 0.3) is 0 Å². The monoisotopic (exact) mass is 384 g/mol. The number of ether oxygens (including phenoxy) is 3. The summed E-state index contributed by atoms with van der Waals surface area (Å²) in [6.07, 6.45) is 0. The van der Waals surface area contributed by atoms with Gasteiger partial charge in [0.05, 0.1) is 31.5 Å². The van der Waals surface area contributed by atoms with Gasteiger partial charge in [-0.3, -0.25) is 0 Å². The summed E-state index contributed by atoms with van der Waals surface area (Å²) in [5, 5.41) is 6.40. The second-order valence-corrected chi connectivity index (χ2v) is 5.71. The van der Waals surface area contributed by atoms with Gasteiger partial charge in [0.2, 0.25) is 0 Å². The molecule has 0 saturated heterocycles. The zero-order valence-corrected chi connectivity index (χ0v) is 15.3. The van der Waals surface area contributed by atoms with Crippen LogP contribution in [0.15, 0.2) is 36.4 Å². The summed E-state index contributed by atoms with van der Waals surface area (Å²) in [6.45, 7) is 0.637. The summed E-state index contributed by atoms with van der Waals surface area (Å²) >= 11 is 11.8. The first kappa shape index (κ1) is 19.0. The van der Waals surface area contributed by atoms with Crippen LogP contribution in [-0.4, -0.2) is 33.4 Å². The minimum Gasteiger partial charge on any atom is -0.495 e. The zero-order chi connectivity index (χ0) is 18.2. The van der Waals surface area contributed by atoms with E-state index in [1.165, 1.54) is 14.2 Å². The van der Waals surface area contributed by atoms with Gasteiger partial charge in [0.1, 0.15) is 23.9 Å². The molecule has 0 aliphatic carbocycles. The average Bonchev–Trinajstić information content (AvgIpc) is 2.61. The number of methoxy groups -OCH3 is 2. The lowest BCUT2D eigenvalue weighted by atomic mass is 10.2. The van der Waals surface area contributed by atoms with Crippen molar-refractivity contribution in [2.24, 2.45) is 0 Å². The quantitative estimate of drug-likeness (QED) is 0.701. The van der Waals surface area contributed by atoms with Crippen LogP contribution in [-0.2, 0) is 0 Å². The number of hydrogen-bond acceptors (Lipinski definition) is 4. The summed E-state index contributed by atoms with van der Waals surface area (Å²) in [5.74, 6) is 1.54. The maximum atomic E-state index is 12.0. The van der Waals surface area contributed by atoms with Crippen LogP contribution in [0.25, 0.3) is 0 Å². The van der Waals surface area contributed by atoms with Crippen LogP contribution in [0.4, 0.5) is 10.5 Å². The molecule has 2 aromatic rings. The fourth-order valence-corrected chi connectivity index (χ4v) is 2.35. The highest BCUT2D eigenvalue weighted by Gasteiger charge is 2.12. The van der Waals surface area contributed by atoms with Gasteiger partial charge in [0, 0.05) is 17.2 Å². The van der Waals surface area contributed by atoms with Gasteiger partial charge >= 0.3 is 6.03 Å². The molecule has 25 heavy (non-hydrogen) atoms. The number of benzene rings is 2. The first-order valence-electron chi connectivity index (χ1n) is 7.38. The second kappa shape index (κ2) is 9.25. The molecule has 0 radical (unpaired) electrons. The average molecular weight is 385 g/mol. The van der Waals surface area contributed by atoms with Gasteiger partial charge in [0.15, 0.2) is 0 Å². The third kappa shape index (κ3) is 5.62. The Morgan fingerprint density at radius 3 is 2.36 bits per heavy atom. The van der Waals surface area contributed by atoms with E-state index in [0.717, 1.165) is 0 Å². The summed E-state index contributed by atoms with van der Waals surface area (Å²) in [7, 11) is 2.98. The SMILES string of the molecule is COc1cc(NC(=O)NCCOc2ccc(Cl)cc2)c(OC)cc1Cl. The van der Waals surface area contributed by atoms with Crippen molar-refractivity contribution >= 4 is 34.9 Å². The second-order valence-electron chi connectivity index (χ2n) is 4.87. The lowest BCUT2D eigenvalue weighted by molar-refractivity contribution is 0.247. The highest BCUT2D eigenvalue weighted by Crippen LogP contribution is 2.35.